The highest BCUT2D eigenvalue weighted by molar-refractivity contribution is 6.36. The number of carbonyl (C=O) groups excluding carboxylic acids is 2. The molecule has 3 N–H and O–H groups in total. The van der Waals surface area contributed by atoms with Gasteiger partial charge in [0.2, 0.25) is 5.91 Å². The van der Waals surface area contributed by atoms with Gasteiger partial charge in [-0.05, 0) is 18.2 Å². The standard InChI is InChI=1S/C12H10Cl2N4O2/c13-8-1-2-10(9(14)3-8)17-11(19)6-18-5-7(4-16-18)12(15)20/h1-5H,6H2,(H2,15,20)(H,17,19). The van der Waals surface area contributed by atoms with E-state index in [-0.39, 0.29) is 18.0 Å². The van der Waals surface area contributed by atoms with Crippen LogP contribution in [0.2, 0.25) is 10.0 Å². The molecule has 0 fully saturated rings. The van der Waals surface area contributed by atoms with E-state index in [2.05, 4.69) is 10.4 Å². The van der Waals surface area contributed by atoms with Crippen LogP contribution in [0, 0.1) is 0 Å². The van der Waals surface area contributed by atoms with Crippen molar-refractivity contribution in [3.63, 3.8) is 0 Å². The van der Waals surface area contributed by atoms with E-state index in [0.29, 0.717) is 15.7 Å². The molecule has 8 heteroatoms. The van der Waals surface area contributed by atoms with E-state index in [0.717, 1.165) is 0 Å². The van der Waals surface area contributed by atoms with Gasteiger partial charge in [-0.15, -0.1) is 0 Å². The maximum atomic E-state index is 11.8. The van der Waals surface area contributed by atoms with Gasteiger partial charge in [0.15, 0.2) is 0 Å². The van der Waals surface area contributed by atoms with Gasteiger partial charge >= 0.3 is 0 Å². The number of benzene rings is 1. The lowest BCUT2D eigenvalue weighted by Crippen LogP contribution is -2.19. The molecule has 0 bridgehead atoms. The molecule has 0 unspecified atom stereocenters. The van der Waals surface area contributed by atoms with E-state index in [9.17, 15) is 9.59 Å². The van der Waals surface area contributed by atoms with Crippen molar-refractivity contribution in [2.75, 3.05) is 5.32 Å². The van der Waals surface area contributed by atoms with Crippen molar-refractivity contribution in [1.29, 1.82) is 0 Å². The summed E-state index contributed by atoms with van der Waals surface area (Å²) in [4.78, 5) is 22.7. The second kappa shape index (κ2) is 5.94. The molecule has 0 aliphatic rings. The maximum Gasteiger partial charge on any atom is 0.251 e. The quantitative estimate of drug-likeness (QED) is 0.903. The molecule has 20 heavy (non-hydrogen) atoms. The maximum absolute atomic E-state index is 11.8. The van der Waals surface area contributed by atoms with Crippen LogP contribution in [0.1, 0.15) is 10.4 Å². The van der Waals surface area contributed by atoms with Gasteiger partial charge in [-0.1, -0.05) is 23.2 Å². The van der Waals surface area contributed by atoms with Crippen LogP contribution in [-0.2, 0) is 11.3 Å². The predicted octanol–water partition coefficient (Wildman–Crippen LogP) is 1.93. The first-order valence-electron chi connectivity index (χ1n) is 5.53. The summed E-state index contributed by atoms with van der Waals surface area (Å²) in [6, 6.07) is 4.74. The molecule has 0 aliphatic heterocycles. The van der Waals surface area contributed by atoms with E-state index < -0.39 is 5.91 Å². The topological polar surface area (TPSA) is 90.0 Å². The van der Waals surface area contributed by atoms with Crippen molar-refractivity contribution in [1.82, 2.24) is 9.78 Å². The normalized spacial score (nSPS) is 10.3. The Labute approximate surface area is 124 Å². The fourth-order valence-corrected chi connectivity index (χ4v) is 1.96. The number of primary amides is 1. The third-order valence-electron chi connectivity index (χ3n) is 2.43. The number of hydrogen-bond acceptors (Lipinski definition) is 3. The molecule has 2 amide bonds. The average Bonchev–Trinajstić information content (AvgIpc) is 2.81. The second-order valence-corrected chi connectivity index (χ2v) is 4.81. The van der Waals surface area contributed by atoms with Gasteiger partial charge in [-0.3, -0.25) is 14.3 Å². The lowest BCUT2D eigenvalue weighted by molar-refractivity contribution is -0.116. The number of nitrogens with two attached hydrogens (primary N) is 1. The van der Waals surface area contributed by atoms with Crippen LogP contribution >= 0.6 is 23.2 Å². The Morgan fingerprint density at radius 2 is 2.10 bits per heavy atom. The Kier molecular flexibility index (Phi) is 4.26. The van der Waals surface area contributed by atoms with Crippen molar-refractivity contribution >= 4 is 40.7 Å². The molecular formula is C12H10Cl2N4O2. The first-order valence-corrected chi connectivity index (χ1v) is 6.28. The summed E-state index contributed by atoms with van der Waals surface area (Å²) in [5.74, 6) is -0.939. The molecule has 0 aliphatic carbocycles. The number of amides is 2. The minimum atomic E-state index is -0.600. The Morgan fingerprint density at radius 1 is 1.35 bits per heavy atom. The minimum Gasteiger partial charge on any atom is -0.366 e. The molecule has 0 saturated heterocycles. The van der Waals surface area contributed by atoms with Gasteiger partial charge in [0.25, 0.3) is 5.91 Å². The van der Waals surface area contributed by atoms with Crippen LogP contribution in [0.4, 0.5) is 5.69 Å². The fraction of sp³-hybridized carbons (Fsp3) is 0.0833. The van der Waals surface area contributed by atoms with Gasteiger partial charge in [0.1, 0.15) is 6.54 Å². The average molecular weight is 313 g/mol. The van der Waals surface area contributed by atoms with Crippen LogP contribution in [0.3, 0.4) is 0 Å². The predicted molar refractivity (Wildman–Crippen MR) is 75.8 cm³/mol. The lowest BCUT2D eigenvalue weighted by atomic mass is 10.3. The molecular weight excluding hydrogens is 303 g/mol. The number of anilines is 1. The number of nitrogens with zero attached hydrogens (tertiary/aromatic N) is 2. The summed E-state index contributed by atoms with van der Waals surface area (Å²) < 4.78 is 1.30. The molecule has 6 nitrogen and oxygen atoms in total. The monoisotopic (exact) mass is 312 g/mol. The SMILES string of the molecule is NC(=O)c1cnn(CC(=O)Nc2ccc(Cl)cc2Cl)c1. The van der Waals surface area contributed by atoms with Crippen molar-refractivity contribution in [3.05, 3.63) is 46.2 Å². The van der Waals surface area contributed by atoms with Crippen molar-refractivity contribution in [2.45, 2.75) is 6.54 Å². The van der Waals surface area contributed by atoms with E-state index in [1.807, 2.05) is 0 Å². The van der Waals surface area contributed by atoms with Crippen LogP contribution in [0.15, 0.2) is 30.6 Å². The summed E-state index contributed by atoms with van der Waals surface area (Å²) in [7, 11) is 0. The molecule has 1 heterocycles. The molecule has 0 spiro atoms. The number of aromatic nitrogens is 2. The Morgan fingerprint density at radius 3 is 2.70 bits per heavy atom. The Hall–Kier alpha value is -2.05. The van der Waals surface area contributed by atoms with Gasteiger partial charge in [0.05, 0.1) is 22.5 Å². The number of rotatable bonds is 4. The van der Waals surface area contributed by atoms with Crippen molar-refractivity contribution < 1.29 is 9.59 Å². The van der Waals surface area contributed by atoms with E-state index in [4.69, 9.17) is 28.9 Å². The van der Waals surface area contributed by atoms with Crippen LogP contribution in [0.5, 0.6) is 0 Å². The number of halogens is 2. The highest BCUT2D eigenvalue weighted by Gasteiger charge is 2.09. The Bertz CT molecular complexity index is 669. The number of hydrogen-bond donors (Lipinski definition) is 2. The van der Waals surface area contributed by atoms with Gasteiger partial charge in [-0.2, -0.15) is 5.10 Å². The zero-order chi connectivity index (χ0) is 14.7. The third-order valence-corrected chi connectivity index (χ3v) is 2.98. The van der Waals surface area contributed by atoms with E-state index in [1.165, 1.54) is 23.1 Å². The summed E-state index contributed by atoms with van der Waals surface area (Å²) in [6.07, 6.45) is 2.69. The first-order chi connectivity index (χ1) is 9.45. The molecule has 104 valence electrons. The summed E-state index contributed by atoms with van der Waals surface area (Å²) in [6.45, 7) is -0.0633. The van der Waals surface area contributed by atoms with Crippen LogP contribution in [0.25, 0.3) is 0 Å². The smallest absolute Gasteiger partial charge is 0.251 e. The van der Waals surface area contributed by atoms with Gasteiger partial charge < -0.3 is 11.1 Å². The molecule has 1 aromatic carbocycles. The third kappa shape index (κ3) is 3.49. The zero-order valence-corrected chi connectivity index (χ0v) is 11.6. The number of carbonyl (C=O) groups is 2. The molecule has 0 radical (unpaired) electrons. The highest BCUT2D eigenvalue weighted by atomic mass is 35.5. The molecule has 2 rings (SSSR count). The van der Waals surface area contributed by atoms with E-state index >= 15 is 0 Å². The number of nitrogens with one attached hydrogen (secondary N) is 1. The summed E-state index contributed by atoms with van der Waals surface area (Å²) in [5.41, 5.74) is 5.78. The molecule has 1 aromatic heterocycles. The van der Waals surface area contributed by atoms with Crippen molar-refractivity contribution in [2.24, 2.45) is 5.73 Å². The van der Waals surface area contributed by atoms with Gasteiger partial charge in [0, 0.05) is 11.2 Å². The highest BCUT2D eigenvalue weighted by Crippen LogP contribution is 2.25. The zero-order valence-electron chi connectivity index (χ0n) is 10.1. The summed E-state index contributed by atoms with van der Waals surface area (Å²) >= 11 is 11.7. The largest absolute Gasteiger partial charge is 0.366 e. The first kappa shape index (κ1) is 14.4. The summed E-state index contributed by atoms with van der Waals surface area (Å²) in [5, 5.41) is 7.29. The van der Waals surface area contributed by atoms with Crippen LogP contribution < -0.4 is 11.1 Å². The van der Waals surface area contributed by atoms with Gasteiger partial charge in [-0.25, -0.2) is 0 Å². The van der Waals surface area contributed by atoms with Crippen molar-refractivity contribution in [3.8, 4) is 0 Å². The molecule has 0 atom stereocenters. The van der Waals surface area contributed by atoms with Crippen LogP contribution in [-0.4, -0.2) is 21.6 Å². The fourth-order valence-electron chi connectivity index (χ4n) is 1.50. The van der Waals surface area contributed by atoms with E-state index in [1.54, 1.807) is 12.1 Å². The molecule has 2 aromatic rings. The minimum absolute atomic E-state index is 0.0633. The Balaban J connectivity index is 2.03. The second-order valence-electron chi connectivity index (χ2n) is 3.96. The lowest BCUT2D eigenvalue weighted by Gasteiger charge is -2.07. The molecule has 0 saturated carbocycles.